The number of halogens is 1. The molecule has 0 fully saturated rings. The summed E-state index contributed by atoms with van der Waals surface area (Å²) >= 11 is 3.94. The molecule has 0 saturated heterocycles. The number of hydrogen-bond donors (Lipinski definition) is 2. The number of rotatable bonds is 1. The summed E-state index contributed by atoms with van der Waals surface area (Å²) in [6.45, 7) is 5.21. The van der Waals surface area contributed by atoms with Crippen molar-refractivity contribution in [3.05, 3.63) is 29.6 Å². The second-order valence-electron chi connectivity index (χ2n) is 4.78. The highest BCUT2D eigenvalue weighted by atomic mass is 32.1. The molecule has 0 heterocycles. The number of carbonyl (C=O) groups excluding carboxylic acids is 1. The molecule has 0 saturated carbocycles. The lowest BCUT2D eigenvalue weighted by Gasteiger charge is -2.19. The minimum Gasteiger partial charge on any atom is -0.444 e. The molecule has 0 aromatic heterocycles. The second kappa shape index (κ2) is 6.48. The van der Waals surface area contributed by atoms with Crippen molar-refractivity contribution in [3.63, 3.8) is 0 Å². The Morgan fingerprint density at radius 1 is 1.47 bits per heavy atom. The topological polar surface area (TPSA) is 38.3 Å². The normalized spacial score (nSPS) is 10.4. The van der Waals surface area contributed by atoms with E-state index in [1.165, 1.54) is 12.1 Å². The highest BCUT2D eigenvalue weighted by molar-refractivity contribution is 7.80. The number of nitrogens with one attached hydrogen (secondary N) is 1. The molecule has 0 aliphatic carbocycles. The van der Waals surface area contributed by atoms with Crippen molar-refractivity contribution in [2.75, 3.05) is 11.1 Å². The summed E-state index contributed by atoms with van der Waals surface area (Å²) in [5.74, 6) is 5.31. The van der Waals surface area contributed by atoms with Crippen molar-refractivity contribution >= 4 is 24.4 Å². The summed E-state index contributed by atoms with van der Waals surface area (Å²) in [7, 11) is 0. The van der Waals surface area contributed by atoms with Gasteiger partial charge in [0.05, 0.1) is 11.4 Å². The number of benzene rings is 1. The Kier molecular flexibility index (Phi) is 5.25. The number of amides is 1. The fourth-order valence-corrected chi connectivity index (χ4v) is 1.33. The predicted octanol–water partition coefficient (Wildman–Crippen LogP) is 3.45. The van der Waals surface area contributed by atoms with Gasteiger partial charge in [0, 0.05) is 5.56 Å². The molecule has 1 N–H and O–H groups in total. The highest BCUT2D eigenvalue weighted by Crippen LogP contribution is 2.17. The monoisotopic (exact) mass is 281 g/mol. The summed E-state index contributed by atoms with van der Waals surface area (Å²) in [5, 5.41) is 2.35. The maximum Gasteiger partial charge on any atom is 0.412 e. The van der Waals surface area contributed by atoms with Crippen LogP contribution in [0.2, 0.25) is 0 Å². The van der Waals surface area contributed by atoms with Crippen molar-refractivity contribution < 1.29 is 13.9 Å². The van der Waals surface area contributed by atoms with Crippen LogP contribution in [0.1, 0.15) is 26.3 Å². The Morgan fingerprint density at radius 3 is 2.68 bits per heavy atom. The summed E-state index contributed by atoms with van der Waals surface area (Å²) in [6.07, 6.45) is -0.694. The summed E-state index contributed by atoms with van der Waals surface area (Å²) in [5.41, 5.74) is -0.0367. The predicted molar refractivity (Wildman–Crippen MR) is 77.0 cm³/mol. The van der Waals surface area contributed by atoms with E-state index in [9.17, 15) is 9.18 Å². The standard InChI is InChI=1S/C14H16FNO2S/c1-14(2,3)18-13(17)16-12-7-6-10(5-4-8-19)9-11(12)15/h6-7,9,19H,8H2,1-3H3,(H,16,17). The molecule has 0 aliphatic rings. The van der Waals surface area contributed by atoms with Gasteiger partial charge in [-0.1, -0.05) is 11.8 Å². The van der Waals surface area contributed by atoms with Crippen LogP contribution < -0.4 is 5.32 Å². The Balaban J connectivity index is 2.78. The Labute approximate surface area is 117 Å². The van der Waals surface area contributed by atoms with E-state index in [0.29, 0.717) is 11.3 Å². The van der Waals surface area contributed by atoms with Gasteiger partial charge in [-0.25, -0.2) is 9.18 Å². The van der Waals surface area contributed by atoms with E-state index in [-0.39, 0.29) is 5.69 Å². The Bertz CT molecular complexity index is 526. The number of hydrogen-bond acceptors (Lipinski definition) is 3. The molecule has 1 aromatic carbocycles. The van der Waals surface area contributed by atoms with Crippen molar-refractivity contribution in [2.24, 2.45) is 0 Å². The van der Waals surface area contributed by atoms with Gasteiger partial charge in [0.25, 0.3) is 0 Å². The van der Waals surface area contributed by atoms with Gasteiger partial charge in [-0.15, -0.1) is 0 Å². The maximum atomic E-state index is 13.7. The van der Waals surface area contributed by atoms with E-state index < -0.39 is 17.5 Å². The van der Waals surface area contributed by atoms with Crippen LogP contribution in [0.3, 0.4) is 0 Å². The van der Waals surface area contributed by atoms with E-state index in [1.807, 2.05) is 0 Å². The highest BCUT2D eigenvalue weighted by Gasteiger charge is 2.17. The zero-order chi connectivity index (χ0) is 14.5. The third-order valence-electron chi connectivity index (χ3n) is 1.92. The van der Waals surface area contributed by atoms with Crippen LogP contribution in [0, 0.1) is 17.7 Å². The summed E-state index contributed by atoms with van der Waals surface area (Å²) in [4.78, 5) is 11.5. The molecule has 1 rings (SSSR count). The van der Waals surface area contributed by atoms with Crippen LogP contribution in [0.15, 0.2) is 18.2 Å². The average Bonchev–Trinajstić information content (AvgIpc) is 2.27. The minimum atomic E-state index is -0.694. The lowest BCUT2D eigenvalue weighted by atomic mass is 10.2. The summed E-state index contributed by atoms with van der Waals surface area (Å²) in [6, 6.07) is 4.32. The molecule has 0 atom stereocenters. The molecule has 102 valence electrons. The lowest BCUT2D eigenvalue weighted by molar-refractivity contribution is 0.0635. The van der Waals surface area contributed by atoms with Gasteiger partial charge >= 0.3 is 6.09 Å². The molecule has 0 unspecified atom stereocenters. The summed E-state index contributed by atoms with van der Waals surface area (Å²) < 4.78 is 18.8. The van der Waals surface area contributed by atoms with Crippen LogP contribution >= 0.6 is 12.6 Å². The van der Waals surface area contributed by atoms with Gasteiger partial charge in [-0.05, 0) is 39.0 Å². The van der Waals surface area contributed by atoms with Gasteiger partial charge in [-0.2, -0.15) is 12.6 Å². The maximum absolute atomic E-state index is 13.7. The molecular formula is C14H16FNO2S. The van der Waals surface area contributed by atoms with E-state index in [0.717, 1.165) is 0 Å². The molecule has 3 nitrogen and oxygen atoms in total. The first kappa shape index (κ1) is 15.4. The van der Waals surface area contributed by atoms with Crippen molar-refractivity contribution in [3.8, 4) is 11.8 Å². The van der Waals surface area contributed by atoms with Crippen LogP contribution in [-0.2, 0) is 4.74 Å². The van der Waals surface area contributed by atoms with E-state index in [1.54, 1.807) is 26.8 Å². The fraction of sp³-hybridized carbons (Fsp3) is 0.357. The van der Waals surface area contributed by atoms with Crippen LogP contribution in [-0.4, -0.2) is 17.4 Å². The zero-order valence-corrected chi connectivity index (χ0v) is 12.0. The first-order chi connectivity index (χ1) is 8.81. The fourth-order valence-electron chi connectivity index (χ4n) is 1.25. The van der Waals surface area contributed by atoms with Crippen LogP contribution in [0.5, 0.6) is 0 Å². The molecule has 5 heteroatoms. The molecule has 19 heavy (non-hydrogen) atoms. The number of anilines is 1. The molecule has 1 amide bonds. The van der Waals surface area contributed by atoms with E-state index in [4.69, 9.17) is 4.74 Å². The molecule has 0 spiro atoms. The quantitative estimate of drug-likeness (QED) is 0.611. The Morgan fingerprint density at radius 2 is 2.16 bits per heavy atom. The third kappa shape index (κ3) is 5.66. The van der Waals surface area contributed by atoms with E-state index in [2.05, 4.69) is 29.8 Å². The van der Waals surface area contributed by atoms with Crippen LogP contribution in [0.25, 0.3) is 0 Å². The minimum absolute atomic E-state index is 0.0608. The molecule has 1 aromatic rings. The number of thiol groups is 1. The van der Waals surface area contributed by atoms with E-state index >= 15 is 0 Å². The zero-order valence-electron chi connectivity index (χ0n) is 11.1. The molecule has 0 aliphatic heterocycles. The SMILES string of the molecule is CC(C)(C)OC(=O)Nc1ccc(C#CCS)cc1F. The molecule has 0 radical (unpaired) electrons. The molecule has 0 bridgehead atoms. The molecular weight excluding hydrogens is 265 g/mol. The van der Waals surface area contributed by atoms with Gasteiger partial charge < -0.3 is 4.74 Å². The van der Waals surface area contributed by atoms with Crippen molar-refractivity contribution in [2.45, 2.75) is 26.4 Å². The lowest BCUT2D eigenvalue weighted by Crippen LogP contribution is -2.27. The van der Waals surface area contributed by atoms with Gasteiger partial charge in [0.15, 0.2) is 0 Å². The van der Waals surface area contributed by atoms with Crippen molar-refractivity contribution in [1.29, 1.82) is 0 Å². The van der Waals surface area contributed by atoms with Gasteiger partial charge in [-0.3, -0.25) is 5.32 Å². The third-order valence-corrected chi connectivity index (χ3v) is 2.07. The smallest absolute Gasteiger partial charge is 0.412 e. The van der Waals surface area contributed by atoms with Crippen molar-refractivity contribution in [1.82, 2.24) is 0 Å². The largest absolute Gasteiger partial charge is 0.444 e. The Hall–Kier alpha value is -1.67. The number of carbonyl (C=O) groups is 1. The first-order valence-corrected chi connectivity index (χ1v) is 6.34. The average molecular weight is 281 g/mol. The van der Waals surface area contributed by atoms with Gasteiger partial charge in [0.2, 0.25) is 0 Å². The van der Waals surface area contributed by atoms with Crippen LogP contribution in [0.4, 0.5) is 14.9 Å². The van der Waals surface area contributed by atoms with Gasteiger partial charge in [0.1, 0.15) is 11.4 Å². The second-order valence-corrected chi connectivity index (χ2v) is 5.10. The first-order valence-electron chi connectivity index (χ1n) is 5.71. The number of ether oxygens (including phenoxy) is 1.